The SMILES string of the molecule is COc1ccccc1CCN1CC(=O)N(c2ccc(Br)cc2)C2CS(=O)(=O)CC21. The van der Waals surface area contributed by atoms with Gasteiger partial charge in [-0.1, -0.05) is 34.1 Å². The average molecular weight is 479 g/mol. The van der Waals surface area contributed by atoms with Crippen LogP contribution in [0, 0.1) is 0 Å². The molecule has 2 aliphatic heterocycles. The molecular formula is C21H23BrN2O4S. The molecule has 0 saturated carbocycles. The molecule has 2 saturated heterocycles. The molecule has 6 nitrogen and oxygen atoms in total. The maximum absolute atomic E-state index is 13.0. The number of para-hydroxylation sites is 1. The number of ether oxygens (including phenoxy) is 1. The monoisotopic (exact) mass is 478 g/mol. The Labute approximate surface area is 179 Å². The fraction of sp³-hybridized carbons (Fsp3) is 0.381. The van der Waals surface area contributed by atoms with Gasteiger partial charge in [-0.25, -0.2) is 8.42 Å². The summed E-state index contributed by atoms with van der Waals surface area (Å²) in [5.41, 5.74) is 1.80. The third kappa shape index (κ3) is 4.20. The van der Waals surface area contributed by atoms with E-state index in [9.17, 15) is 13.2 Å². The lowest BCUT2D eigenvalue weighted by Crippen LogP contribution is -2.62. The van der Waals surface area contributed by atoms with Crippen molar-refractivity contribution in [2.45, 2.75) is 18.5 Å². The molecule has 154 valence electrons. The highest BCUT2D eigenvalue weighted by molar-refractivity contribution is 9.10. The third-order valence-electron chi connectivity index (χ3n) is 5.67. The van der Waals surface area contributed by atoms with Crippen molar-refractivity contribution >= 4 is 37.4 Å². The molecule has 2 aliphatic rings. The molecule has 2 fully saturated rings. The first-order valence-corrected chi connectivity index (χ1v) is 12.1. The number of halogens is 1. The Morgan fingerprint density at radius 2 is 1.76 bits per heavy atom. The van der Waals surface area contributed by atoms with Gasteiger partial charge in [-0.05, 0) is 42.3 Å². The van der Waals surface area contributed by atoms with Crippen LogP contribution < -0.4 is 9.64 Å². The van der Waals surface area contributed by atoms with Gasteiger partial charge in [0.2, 0.25) is 5.91 Å². The molecule has 2 heterocycles. The Kier molecular flexibility index (Phi) is 5.68. The van der Waals surface area contributed by atoms with E-state index < -0.39 is 9.84 Å². The van der Waals surface area contributed by atoms with Crippen molar-refractivity contribution in [1.82, 2.24) is 4.90 Å². The summed E-state index contributed by atoms with van der Waals surface area (Å²) in [5, 5.41) is 0. The Hall–Kier alpha value is -1.90. The van der Waals surface area contributed by atoms with E-state index in [1.165, 1.54) is 0 Å². The summed E-state index contributed by atoms with van der Waals surface area (Å²) in [5.74, 6) is 0.836. The van der Waals surface area contributed by atoms with Gasteiger partial charge in [-0.3, -0.25) is 9.69 Å². The van der Waals surface area contributed by atoms with E-state index in [2.05, 4.69) is 15.9 Å². The largest absolute Gasteiger partial charge is 0.496 e. The highest BCUT2D eigenvalue weighted by Gasteiger charge is 2.49. The molecule has 0 aliphatic carbocycles. The summed E-state index contributed by atoms with van der Waals surface area (Å²) in [6, 6.07) is 14.7. The van der Waals surface area contributed by atoms with Crippen molar-refractivity contribution in [2.75, 3.05) is 36.6 Å². The van der Waals surface area contributed by atoms with Crippen molar-refractivity contribution in [3.8, 4) is 5.75 Å². The van der Waals surface area contributed by atoms with Crippen LogP contribution in [0.3, 0.4) is 0 Å². The molecule has 2 unspecified atom stereocenters. The molecule has 0 bridgehead atoms. The fourth-order valence-electron chi connectivity index (χ4n) is 4.31. The molecule has 0 aromatic heterocycles. The highest BCUT2D eigenvalue weighted by Crippen LogP contribution is 2.32. The number of carbonyl (C=O) groups is 1. The van der Waals surface area contributed by atoms with Crippen LogP contribution in [0.15, 0.2) is 53.0 Å². The predicted octanol–water partition coefficient (Wildman–Crippen LogP) is 2.51. The van der Waals surface area contributed by atoms with Gasteiger partial charge >= 0.3 is 0 Å². The van der Waals surface area contributed by atoms with Crippen LogP contribution in [-0.2, 0) is 21.1 Å². The standard InChI is InChI=1S/C21H23BrN2O4S/c1-28-20-5-3-2-4-15(20)10-11-23-12-21(25)24(17-8-6-16(22)7-9-17)19-14-29(26,27)13-18(19)23/h2-9,18-19H,10-14H2,1H3. The van der Waals surface area contributed by atoms with Crippen molar-refractivity contribution in [3.05, 3.63) is 58.6 Å². The summed E-state index contributed by atoms with van der Waals surface area (Å²) < 4.78 is 31.3. The fourth-order valence-corrected chi connectivity index (χ4v) is 6.56. The molecule has 29 heavy (non-hydrogen) atoms. The van der Waals surface area contributed by atoms with Crippen molar-refractivity contribution < 1.29 is 17.9 Å². The van der Waals surface area contributed by atoms with Gasteiger partial charge in [0.1, 0.15) is 5.75 Å². The van der Waals surface area contributed by atoms with Gasteiger partial charge in [0.15, 0.2) is 9.84 Å². The van der Waals surface area contributed by atoms with Crippen LogP contribution in [0.25, 0.3) is 0 Å². The zero-order valence-electron chi connectivity index (χ0n) is 16.1. The maximum Gasteiger partial charge on any atom is 0.241 e. The van der Waals surface area contributed by atoms with Crippen molar-refractivity contribution in [2.24, 2.45) is 0 Å². The smallest absolute Gasteiger partial charge is 0.241 e. The molecule has 0 N–H and O–H groups in total. The normalized spacial score (nSPS) is 23.8. The minimum Gasteiger partial charge on any atom is -0.496 e. The number of hydrogen-bond donors (Lipinski definition) is 0. The molecule has 2 aromatic rings. The molecule has 2 aromatic carbocycles. The van der Waals surface area contributed by atoms with Gasteiger partial charge < -0.3 is 9.64 Å². The predicted molar refractivity (Wildman–Crippen MR) is 116 cm³/mol. The highest BCUT2D eigenvalue weighted by atomic mass is 79.9. The molecule has 1 amide bonds. The van der Waals surface area contributed by atoms with E-state index >= 15 is 0 Å². The first-order chi connectivity index (χ1) is 13.9. The summed E-state index contributed by atoms with van der Waals surface area (Å²) in [6.07, 6.45) is 0.693. The topological polar surface area (TPSA) is 66.9 Å². The Morgan fingerprint density at radius 1 is 1.07 bits per heavy atom. The number of amides is 1. The number of benzene rings is 2. The number of sulfone groups is 1. The Balaban J connectivity index is 1.58. The number of fused-ring (bicyclic) bond motifs is 1. The second-order valence-corrected chi connectivity index (χ2v) is 10.6. The molecule has 0 spiro atoms. The lowest BCUT2D eigenvalue weighted by Gasteiger charge is -2.43. The van der Waals surface area contributed by atoms with Gasteiger partial charge in [-0.15, -0.1) is 0 Å². The van der Waals surface area contributed by atoms with Crippen LogP contribution in [-0.4, -0.2) is 63.0 Å². The van der Waals surface area contributed by atoms with Gasteiger partial charge in [0.05, 0.1) is 31.2 Å². The molecular weight excluding hydrogens is 456 g/mol. The number of rotatable bonds is 5. The van der Waals surface area contributed by atoms with E-state index in [0.717, 1.165) is 21.5 Å². The van der Waals surface area contributed by atoms with Crippen LogP contribution in [0.1, 0.15) is 5.56 Å². The van der Waals surface area contributed by atoms with E-state index in [0.29, 0.717) is 13.0 Å². The number of anilines is 1. The van der Waals surface area contributed by atoms with E-state index in [1.807, 2.05) is 53.4 Å². The number of hydrogen-bond acceptors (Lipinski definition) is 5. The number of carbonyl (C=O) groups excluding carboxylic acids is 1. The molecule has 2 atom stereocenters. The van der Waals surface area contributed by atoms with E-state index in [1.54, 1.807) is 12.0 Å². The summed E-state index contributed by atoms with van der Waals surface area (Å²) >= 11 is 3.41. The zero-order valence-corrected chi connectivity index (χ0v) is 18.5. The lowest BCUT2D eigenvalue weighted by molar-refractivity contribution is -0.123. The van der Waals surface area contributed by atoms with Crippen molar-refractivity contribution in [1.29, 1.82) is 0 Å². The number of nitrogens with zero attached hydrogens (tertiary/aromatic N) is 2. The van der Waals surface area contributed by atoms with Gasteiger partial charge in [0.25, 0.3) is 0 Å². The second kappa shape index (κ2) is 8.08. The van der Waals surface area contributed by atoms with Gasteiger partial charge in [0, 0.05) is 22.7 Å². The minimum absolute atomic E-state index is 0.00459. The lowest BCUT2D eigenvalue weighted by atomic mass is 10.0. The molecule has 0 radical (unpaired) electrons. The van der Waals surface area contributed by atoms with Crippen molar-refractivity contribution in [3.63, 3.8) is 0 Å². The first kappa shape index (κ1) is 20.4. The Morgan fingerprint density at radius 3 is 2.48 bits per heavy atom. The summed E-state index contributed by atoms with van der Waals surface area (Å²) in [7, 11) is -1.56. The molecule has 8 heteroatoms. The number of piperazine rings is 1. The van der Waals surface area contributed by atoms with Crippen LogP contribution in [0.4, 0.5) is 5.69 Å². The first-order valence-electron chi connectivity index (χ1n) is 9.52. The Bertz CT molecular complexity index is 1010. The van der Waals surface area contributed by atoms with Gasteiger partial charge in [-0.2, -0.15) is 0 Å². The minimum atomic E-state index is -3.20. The van der Waals surface area contributed by atoms with Crippen LogP contribution in [0.2, 0.25) is 0 Å². The third-order valence-corrected chi connectivity index (χ3v) is 7.89. The van der Waals surface area contributed by atoms with E-state index in [-0.39, 0.29) is 36.0 Å². The quantitative estimate of drug-likeness (QED) is 0.660. The van der Waals surface area contributed by atoms with Crippen LogP contribution >= 0.6 is 15.9 Å². The van der Waals surface area contributed by atoms with E-state index in [4.69, 9.17) is 4.74 Å². The second-order valence-electron chi connectivity index (χ2n) is 7.48. The molecule has 4 rings (SSSR count). The number of methoxy groups -OCH3 is 1. The maximum atomic E-state index is 13.0. The zero-order chi connectivity index (χ0) is 20.6. The summed E-state index contributed by atoms with van der Waals surface area (Å²) in [4.78, 5) is 16.7. The van der Waals surface area contributed by atoms with Crippen LogP contribution in [0.5, 0.6) is 5.75 Å². The average Bonchev–Trinajstić information content (AvgIpc) is 3.02. The summed E-state index contributed by atoms with van der Waals surface area (Å²) in [6.45, 7) is 0.818.